The van der Waals surface area contributed by atoms with E-state index >= 15 is 0 Å². The van der Waals surface area contributed by atoms with E-state index in [0.29, 0.717) is 5.75 Å². The number of aromatic hydroxyl groups is 1. The summed E-state index contributed by atoms with van der Waals surface area (Å²) in [6, 6.07) is 25.1. The fraction of sp³-hybridized carbons (Fsp3) is 0.333. The van der Waals surface area contributed by atoms with Gasteiger partial charge in [0.2, 0.25) is 0 Å². The summed E-state index contributed by atoms with van der Waals surface area (Å²) in [6.45, 7) is 36.4. The summed E-state index contributed by atoms with van der Waals surface area (Å²) in [5.74, 6) is 0.427. The maximum atomic E-state index is 11.0. The Kier molecular flexibility index (Phi) is 32.2. The zero-order chi connectivity index (χ0) is 50.8. The monoisotopic (exact) mass is 1150 g/mol. The van der Waals surface area contributed by atoms with Crippen molar-refractivity contribution in [3.8, 4) is 28.0 Å². The number of fused-ring (bicyclic) bond motifs is 3. The molecule has 0 amide bonds. The van der Waals surface area contributed by atoms with Crippen LogP contribution in [0, 0.1) is 33.8 Å². The van der Waals surface area contributed by atoms with Gasteiger partial charge in [0, 0.05) is 80.3 Å². The van der Waals surface area contributed by atoms with E-state index in [1.54, 1.807) is 12.4 Å². The number of hydrogen-bond acceptors (Lipinski definition) is 8. The van der Waals surface area contributed by atoms with E-state index in [-0.39, 0.29) is 36.6 Å². The van der Waals surface area contributed by atoms with Gasteiger partial charge in [-0.05, 0) is 108 Å². The first-order valence-corrected chi connectivity index (χ1v) is 21.7. The van der Waals surface area contributed by atoms with Crippen LogP contribution in [0.2, 0.25) is 0 Å². The van der Waals surface area contributed by atoms with Crippen molar-refractivity contribution in [2.75, 3.05) is 18.6 Å². The van der Waals surface area contributed by atoms with Crippen LogP contribution in [0.25, 0.3) is 44.1 Å². The second-order valence-electron chi connectivity index (χ2n) is 15.1. The van der Waals surface area contributed by atoms with E-state index < -0.39 is 15.6 Å². The Bertz CT molecular complexity index is 2420. The van der Waals surface area contributed by atoms with Gasteiger partial charge in [-0.1, -0.05) is 77.9 Å². The van der Waals surface area contributed by atoms with Gasteiger partial charge in [0.25, 0.3) is 0 Å². The summed E-state index contributed by atoms with van der Waals surface area (Å²) < 4.78 is 86.2. The van der Waals surface area contributed by atoms with E-state index in [1.165, 1.54) is 33.4 Å². The van der Waals surface area contributed by atoms with E-state index in [1.807, 2.05) is 38.4 Å². The molecule has 0 bridgehead atoms. The maximum Gasteiger partial charge on any atom is 0.0964 e. The van der Waals surface area contributed by atoms with E-state index in [4.69, 9.17) is 54.9 Å². The molecule has 357 valence electrons. The molecule has 0 saturated heterocycles. The van der Waals surface area contributed by atoms with Gasteiger partial charge in [0.05, 0.1) is 16.4 Å². The Labute approximate surface area is 410 Å². The van der Waals surface area contributed by atoms with Crippen LogP contribution >= 0.6 is 23.2 Å². The first-order valence-electron chi connectivity index (χ1n) is 19.2. The summed E-state index contributed by atoms with van der Waals surface area (Å²) in [4.78, 5) is 12.8. The molecule has 3 aromatic carbocycles. The van der Waals surface area contributed by atoms with Crippen molar-refractivity contribution in [2.24, 2.45) is 0 Å². The summed E-state index contributed by atoms with van der Waals surface area (Å²) >= 11 is 9.53. The molecule has 0 spiro atoms. The fourth-order valence-electron chi connectivity index (χ4n) is 5.79. The van der Waals surface area contributed by atoms with Crippen LogP contribution in [0.3, 0.4) is 0 Å². The largest absolute Gasteiger partial charge is 0.254 e. The quantitative estimate of drug-likeness (QED) is 0.0451. The third kappa shape index (κ3) is 21.5. The molecule has 1 radical (unpaired) electrons. The molecule has 0 aliphatic rings. The zero-order valence-corrected chi connectivity index (χ0v) is 43.2. The van der Waals surface area contributed by atoms with Crippen LogP contribution in [-0.4, -0.2) is 57.1 Å². The van der Waals surface area contributed by atoms with Gasteiger partial charge < -0.3 is 14.4 Å². The molecule has 11 nitrogen and oxygen atoms in total. The molecular formula is C48H53Cl2F3N3O8ReS-. The minimum atomic E-state index is -6.09. The van der Waals surface area contributed by atoms with Crippen molar-refractivity contribution in [1.82, 2.24) is 15.0 Å². The number of halogens is 5. The van der Waals surface area contributed by atoms with Crippen molar-refractivity contribution >= 4 is 55.1 Å². The number of aromatic nitrogens is 3. The van der Waals surface area contributed by atoms with Gasteiger partial charge in [0.15, 0.2) is 10.1 Å². The summed E-state index contributed by atoms with van der Waals surface area (Å²) in [5.41, 5.74) is 5.29. The van der Waals surface area contributed by atoms with E-state index in [2.05, 4.69) is 151 Å². The topological polar surface area (TPSA) is 185 Å². The summed E-state index contributed by atoms with van der Waals surface area (Å²) in [6.07, 6.45) is 7.28. The molecule has 0 atom stereocenters. The summed E-state index contributed by atoms with van der Waals surface area (Å²) in [7, 11) is -6.09. The molecule has 1 N–H and O–H groups in total. The van der Waals surface area contributed by atoms with Crippen molar-refractivity contribution in [1.29, 1.82) is 0 Å². The van der Waals surface area contributed by atoms with Crippen LogP contribution in [0.4, 0.5) is 13.2 Å². The second-order valence-corrected chi connectivity index (χ2v) is 17.3. The number of aryl methyl sites for hydroxylation is 2. The molecule has 0 saturated carbocycles. The Balaban J connectivity index is -0.000000889. The second kappa shape index (κ2) is 32.3. The number of benzene rings is 3. The normalized spacial score (nSPS) is 10.4. The molecule has 0 fully saturated rings. The zero-order valence-electron chi connectivity index (χ0n) is 38.2. The molecule has 6 rings (SSSR count). The standard InChI is InChI=1S/C27H33NO.C12H8N2.C4H10O.CH2Cl2.CHF3O3S.3CO.Re/c1-17-14-22(18(2)13-21(17)19-9-11-28-12-10-19)20-15-23(26(3,4)5)25(29)24(16-20)27(6,7)8;1-3-9-5-6-10-4-2-8-14-12(10)11(9)13-7-1;1-3-5-4-2;2-1-3;2-1(3,4)8(5,6)7;3*1-2;/h9-16,29H,1-8H3;1-8H;3-4H2,1-2H3;1H2;(H,5,6,7);;;;/p-1. The van der Waals surface area contributed by atoms with Gasteiger partial charge >= 0.3 is 39.4 Å². The smallest absolute Gasteiger partial charge is 0.0964 e. The number of phenols is 1. The molecule has 0 aliphatic carbocycles. The van der Waals surface area contributed by atoms with Gasteiger partial charge in [0.1, 0.15) is 5.75 Å². The fourth-order valence-corrected chi connectivity index (χ4v) is 5.79. The van der Waals surface area contributed by atoms with E-state index in [0.717, 1.165) is 46.1 Å². The number of ether oxygens (including phenoxy) is 1. The van der Waals surface area contributed by atoms with Crippen LogP contribution in [0.1, 0.15) is 77.6 Å². The van der Waals surface area contributed by atoms with Crippen LogP contribution in [0.15, 0.2) is 97.6 Å². The molecule has 6 aromatic rings. The number of alkyl halides is 5. The van der Waals surface area contributed by atoms with Gasteiger partial charge in [-0.15, -0.1) is 23.2 Å². The molecular weight excluding hydrogens is 1090 g/mol. The van der Waals surface area contributed by atoms with Crippen molar-refractivity contribution in [3.63, 3.8) is 0 Å². The van der Waals surface area contributed by atoms with Crippen molar-refractivity contribution < 1.29 is 70.4 Å². The average Bonchev–Trinajstić information content (AvgIpc) is 3.26. The Morgan fingerprint density at radius 1 is 0.667 bits per heavy atom. The average molecular weight is 1150 g/mol. The maximum absolute atomic E-state index is 11.0. The molecule has 3 aromatic heterocycles. The van der Waals surface area contributed by atoms with Gasteiger partial charge in [-0.2, -0.15) is 13.2 Å². The van der Waals surface area contributed by atoms with Gasteiger partial charge in [-0.25, -0.2) is 8.42 Å². The third-order valence-electron chi connectivity index (χ3n) is 8.64. The minimum Gasteiger partial charge on any atom is -0.254 e. The number of nitrogens with zero attached hydrogens (tertiary/aromatic N) is 3. The van der Waals surface area contributed by atoms with Gasteiger partial charge in [-0.3, -0.25) is 15.0 Å². The Morgan fingerprint density at radius 3 is 1.29 bits per heavy atom. The predicted molar refractivity (Wildman–Crippen MR) is 247 cm³/mol. The number of hydrogen-bond donors (Lipinski definition) is 1. The number of pyridine rings is 3. The Morgan fingerprint density at radius 2 is 1.00 bits per heavy atom. The van der Waals surface area contributed by atoms with Crippen molar-refractivity contribution in [2.45, 2.75) is 85.6 Å². The predicted octanol–water partition coefficient (Wildman–Crippen LogP) is 12.5. The summed E-state index contributed by atoms with van der Waals surface area (Å²) in [5, 5.41) is 13.5. The Hall–Kier alpha value is -4.45. The van der Waals surface area contributed by atoms with Crippen LogP contribution < -0.4 is 0 Å². The molecule has 3 heterocycles. The molecule has 66 heavy (non-hydrogen) atoms. The first kappa shape index (κ1) is 65.8. The first-order chi connectivity index (χ1) is 30.4. The molecule has 18 heteroatoms. The SMILES string of the molecule is CCOCC.Cc1cc(-c2cc(C(C)(C)C)c(O)c(C(C)(C)C)c2)c(C)cc1-c1ccncc1.ClCCl.O=S(=O)([O-])C(F)(F)F.[C-]#[O+].[C-]#[O+].[C-]#[O+].[Re].c1cnc2c(c1)ccc1cccnc12. The number of phenolic OH excluding ortho intramolecular Hbond substituents is 1. The third-order valence-corrected chi connectivity index (χ3v) is 9.20. The molecule has 0 aliphatic heterocycles. The minimum absolute atomic E-state index is 0. The van der Waals surface area contributed by atoms with Crippen LogP contribution in [-0.2, 0) is 60.1 Å². The number of rotatable bonds is 4. The van der Waals surface area contributed by atoms with E-state index in [9.17, 15) is 18.3 Å². The van der Waals surface area contributed by atoms with Crippen LogP contribution in [0.5, 0.6) is 5.75 Å². The molecule has 0 unspecified atom stereocenters. The van der Waals surface area contributed by atoms with Crippen molar-refractivity contribution in [3.05, 3.63) is 140 Å².